The lowest BCUT2D eigenvalue weighted by Crippen LogP contribution is -2.27. The molecule has 0 aliphatic carbocycles. The molecule has 0 atom stereocenters. The van der Waals surface area contributed by atoms with E-state index in [0.29, 0.717) is 29.1 Å². The molecular formula is C26H26N4O4S. The van der Waals surface area contributed by atoms with Crippen molar-refractivity contribution in [3.05, 3.63) is 102 Å². The van der Waals surface area contributed by atoms with Gasteiger partial charge in [-0.2, -0.15) is 5.10 Å². The number of amides is 1. The van der Waals surface area contributed by atoms with Gasteiger partial charge in [-0.25, -0.2) is 13.1 Å². The highest BCUT2D eigenvalue weighted by Gasteiger charge is 2.21. The van der Waals surface area contributed by atoms with Crippen LogP contribution in [0, 0.1) is 6.92 Å². The lowest BCUT2D eigenvalue weighted by atomic mass is 10.1. The van der Waals surface area contributed by atoms with Crippen molar-refractivity contribution in [1.29, 1.82) is 0 Å². The number of sulfonamides is 1. The van der Waals surface area contributed by atoms with Crippen molar-refractivity contribution in [1.82, 2.24) is 14.7 Å². The number of para-hydroxylation sites is 1. The number of ether oxygens (including phenoxy) is 1. The first kappa shape index (κ1) is 24.0. The first-order valence-corrected chi connectivity index (χ1v) is 12.4. The number of hydrogen-bond donors (Lipinski definition) is 1. The summed E-state index contributed by atoms with van der Waals surface area (Å²) in [6.45, 7) is 2.11. The van der Waals surface area contributed by atoms with Crippen LogP contribution in [0.5, 0.6) is 5.75 Å². The number of hydrogen-bond acceptors (Lipinski definition) is 5. The summed E-state index contributed by atoms with van der Waals surface area (Å²) >= 11 is 0. The predicted molar refractivity (Wildman–Crippen MR) is 134 cm³/mol. The summed E-state index contributed by atoms with van der Waals surface area (Å²) in [6.07, 6.45) is 3.58. The third-order valence-corrected chi connectivity index (χ3v) is 6.89. The minimum Gasteiger partial charge on any atom is -0.497 e. The summed E-state index contributed by atoms with van der Waals surface area (Å²) in [5, 5.41) is 4.37. The quantitative estimate of drug-likeness (QED) is 0.398. The van der Waals surface area contributed by atoms with Crippen molar-refractivity contribution in [2.75, 3.05) is 18.9 Å². The van der Waals surface area contributed by atoms with Gasteiger partial charge in [-0.05, 0) is 61.0 Å². The Kier molecular flexibility index (Phi) is 6.88. The maximum Gasteiger partial charge on any atom is 0.261 e. The van der Waals surface area contributed by atoms with Crippen LogP contribution in [0.2, 0.25) is 0 Å². The van der Waals surface area contributed by atoms with Crippen molar-refractivity contribution < 1.29 is 17.9 Å². The molecule has 180 valence electrons. The zero-order valence-corrected chi connectivity index (χ0v) is 20.5. The van der Waals surface area contributed by atoms with Gasteiger partial charge >= 0.3 is 0 Å². The smallest absolute Gasteiger partial charge is 0.261 e. The van der Waals surface area contributed by atoms with Gasteiger partial charge in [-0.1, -0.05) is 24.3 Å². The average molecular weight is 491 g/mol. The van der Waals surface area contributed by atoms with E-state index < -0.39 is 10.0 Å². The molecule has 0 radical (unpaired) electrons. The zero-order valence-electron chi connectivity index (χ0n) is 19.7. The second-order valence-electron chi connectivity index (χ2n) is 8.10. The van der Waals surface area contributed by atoms with E-state index in [9.17, 15) is 13.2 Å². The lowest BCUT2D eigenvalue weighted by molar-refractivity contribution is 0.0784. The van der Waals surface area contributed by atoms with Crippen LogP contribution in [-0.2, 0) is 16.6 Å². The van der Waals surface area contributed by atoms with E-state index in [1.165, 1.54) is 19.2 Å². The highest BCUT2D eigenvalue weighted by molar-refractivity contribution is 7.92. The Morgan fingerprint density at radius 3 is 2.46 bits per heavy atom. The van der Waals surface area contributed by atoms with Crippen LogP contribution in [0.25, 0.3) is 5.69 Å². The van der Waals surface area contributed by atoms with E-state index in [0.717, 1.165) is 11.3 Å². The van der Waals surface area contributed by atoms with E-state index in [2.05, 4.69) is 9.82 Å². The van der Waals surface area contributed by atoms with Gasteiger partial charge in [0.15, 0.2) is 0 Å². The monoisotopic (exact) mass is 490 g/mol. The van der Waals surface area contributed by atoms with Gasteiger partial charge in [0.2, 0.25) is 0 Å². The van der Waals surface area contributed by atoms with Gasteiger partial charge in [0.1, 0.15) is 5.75 Å². The number of aromatic nitrogens is 2. The second kappa shape index (κ2) is 10.0. The summed E-state index contributed by atoms with van der Waals surface area (Å²) < 4.78 is 35.3. The molecule has 3 aromatic carbocycles. The highest BCUT2D eigenvalue weighted by atomic mass is 32.2. The molecule has 8 nitrogen and oxygen atoms in total. The van der Waals surface area contributed by atoms with Gasteiger partial charge in [0.05, 0.1) is 23.9 Å². The Morgan fingerprint density at radius 2 is 1.77 bits per heavy atom. The van der Waals surface area contributed by atoms with Crippen LogP contribution < -0.4 is 9.46 Å². The number of carbonyl (C=O) groups excluding carboxylic acids is 1. The van der Waals surface area contributed by atoms with Crippen LogP contribution in [0.3, 0.4) is 0 Å². The molecule has 0 saturated carbocycles. The van der Waals surface area contributed by atoms with Crippen LogP contribution in [0.4, 0.5) is 5.69 Å². The molecule has 0 spiro atoms. The number of anilines is 1. The molecule has 1 aromatic heterocycles. The predicted octanol–water partition coefficient (Wildman–Crippen LogP) is 4.26. The Bertz CT molecular complexity index is 1430. The van der Waals surface area contributed by atoms with E-state index in [1.54, 1.807) is 60.1 Å². The molecule has 4 rings (SSSR count). The maximum absolute atomic E-state index is 13.2. The van der Waals surface area contributed by atoms with Gasteiger partial charge in [0, 0.05) is 36.6 Å². The molecule has 35 heavy (non-hydrogen) atoms. The summed E-state index contributed by atoms with van der Waals surface area (Å²) in [6, 6.07) is 20.8. The van der Waals surface area contributed by atoms with Gasteiger partial charge in [-0.3, -0.25) is 9.52 Å². The number of nitrogens with one attached hydrogen (secondary N) is 1. The normalized spacial score (nSPS) is 11.2. The fraction of sp³-hybridized carbons (Fsp3) is 0.154. The van der Waals surface area contributed by atoms with E-state index >= 15 is 0 Å². The number of methoxy groups -OCH3 is 1. The van der Waals surface area contributed by atoms with Gasteiger partial charge in [-0.15, -0.1) is 0 Å². The third kappa shape index (κ3) is 5.52. The topological polar surface area (TPSA) is 93.5 Å². The fourth-order valence-electron chi connectivity index (χ4n) is 3.59. The van der Waals surface area contributed by atoms with Crippen molar-refractivity contribution in [2.45, 2.75) is 18.4 Å². The lowest BCUT2D eigenvalue weighted by Gasteiger charge is -2.18. The molecule has 0 fully saturated rings. The molecule has 0 bridgehead atoms. The van der Waals surface area contributed by atoms with Crippen LogP contribution >= 0.6 is 0 Å². The Morgan fingerprint density at radius 1 is 1.06 bits per heavy atom. The van der Waals surface area contributed by atoms with Crippen molar-refractivity contribution in [2.24, 2.45) is 0 Å². The van der Waals surface area contributed by atoms with E-state index in [-0.39, 0.29) is 10.8 Å². The summed E-state index contributed by atoms with van der Waals surface area (Å²) in [4.78, 5) is 14.8. The van der Waals surface area contributed by atoms with Crippen molar-refractivity contribution in [3.8, 4) is 11.4 Å². The SMILES string of the molecule is COc1ccc(NS(=O)(=O)c2ccc(C)c(C(=O)N(C)Cc3cnn(-c4ccccc4)c3)c2)cc1. The highest BCUT2D eigenvalue weighted by Crippen LogP contribution is 2.22. The van der Waals surface area contributed by atoms with E-state index in [4.69, 9.17) is 4.74 Å². The van der Waals surface area contributed by atoms with Crippen molar-refractivity contribution in [3.63, 3.8) is 0 Å². The first-order valence-electron chi connectivity index (χ1n) is 10.9. The van der Waals surface area contributed by atoms with Gasteiger partial charge < -0.3 is 9.64 Å². The molecule has 1 heterocycles. The summed E-state index contributed by atoms with van der Waals surface area (Å²) in [5.41, 5.74) is 3.18. The minimum absolute atomic E-state index is 0.00700. The second-order valence-corrected chi connectivity index (χ2v) is 9.78. The molecule has 4 aromatic rings. The Hall–Kier alpha value is -4.11. The molecule has 0 unspecified atom stereocenters. The number of carbonyl (C=O) groups is 1. The molecule has 9 heteroatoms. The molecular weight excluding hydrogens is 464 g/mol. The first-order chi connectivity index (χ1) is 16.8. The average Bonchev–Trinajstić information content (AvgIpc) is 3.33. The molecule has 0 aliphatic rings. The van der Waals surface area contributed by atoms with Crippen LogP contribution in [0.15, 0.2) is 90.1 Å². The zero-order chi connectivity index (χ0) is 25.0. The van der Waals surface area contributed by atoms with Gasteiger partial charge in [0.25, 0.3) is 15.9 Å². The van der Waals surface area contributed by atoms with E-state index in [1.807, 2.05) is 36.5 Å². The number of aryl methyl sites for hydroxylation is 1. The van der Waals surface area contributed by atoms with Crippen LogP contribution in [-0.4, -0.2) is 43.2 Å². The largest absolute Gasteiger partial charge is 0.497 e. The maximum atomic E-state index is 13.2. The molecule has 1 N–H and O–H groups in total. The molecule has 0 saturated heterocycles. The number of rotatable bonds is 8. The summed E-state index contributed by atoms with van der Waals surface area (Å²) in [5.74, 6) is 0.338. The van der Waals surface area contributed by atoms with Crippen molar-refractivity contribution >= 4 is 21.6 Å². The van der Waals surface area contributed by atoms with Crippen LogP contribution in [0.1, 0.15) is 21.5 Å². The standard InChI is InChI=1S/C26H26N4O4S/c1-19-9-14-24(35(32,33)28-21-10-12-23(34-3)13-11-21)15-25(19)26(31)29(2)17-20-16-27-30(18-20)22-7-5-4-6-8-22/h4-16,18,28H,17H2,1-3H3. The minimum atomic E-state index is -3.89. The number of benzene rings is 3. The Balaban J connectivity index is 1.51. The Labute approximate surface area is 204 Å². The summed E-state index contributed by atoms with van der Waals surface area (Å²) in [7, 11) is -0.675. The molecule has 1 amide bonds. The third-order valence-electron chi connectivity index (χ3n) is 5.52. The fourth-order valence-corrected chi connectivity index (χ4v) is 4.67. The molecule has 0 aliphatic heterocycles. The number of nitrogens with zero attached hydrogens (tertiary/aromatic N) is 3.